The van der Waals surface area contributed by atoms with Crippen molar-refractivity contribution < 1.29 is 18.4 Å². The molecule has 0 saturated heterocycles. The Morgan fingerprint density at radius 2 is 2.23 bits per heavy atom. The Kier molecular flexibility index (Phi) is 4.23. The first-order chi connectivity index (χ1) is 12.7. The van der Waals surface area contributed by atoms with E-state index in [0.29, 0.717) is 27.6 Å². The topological polar surface area (TPSA) is 95.9 Å². The summed E-state index contributed by atoms with van der Waals surface area (Å²) in [5.41, 5.74) is 1.50. The predicted octanol–water partition coefficient (Wildman–Crippen LogP) is 2.87. The Balaban J connectivity index is 1.45. The van der Waals surface area contributed by atoms with Crippen LogP contribution in [0.5, 0.6) is 0 Å². The Bertz CT molecular complexity index is 1040. The molecule has 4 rings (SSSR count). The molecule has 0 atom stereocenters. The largest absolute Gasteiger partial charge is 0.455 e. The molecule has 0 N–H and O–H groups in total. The zero-order valence-corrected chi connectivity index (χ0v) is 13.9. The van der Waals surface area contributed by atoms with Crippen molar-refractivity contribution >= 4 is 17.3 Å². The lowest BCUT2D eigenvalue weighted by Crippen LogP contribution is -2.07. The van der Waals surface area contributed by atoms with Gasteiger partial charge in [-0.1, -0.05) is 17.3 Å². The molecule has 3 heterocycles. The van der Waals surface area contributed by atoms with Crippen LogP contribution in [0.15, 0.2) is 52.6 Å². The molecule has 0 aliphatic carbocycles. The number of carbonyl (C=O) groups is 1. The van der Waals surface area contributed by atoms with Gasteiger partial charge in [0.25, 0.3) is 0 Å². The second-order valence-corrected chi connectivity index (χ2v) is 6.07. The Hall–Kier alpha value is -3.40. The van der Waals surface area contributed by atoms with Crippen LogP contribution in [0.3, 0.4) is 0 Å². The third kappa shape index (κ3) is 3.22. The van der Waals surface area contributed by atoms with E-state index in [1.54, 1.807) is 29.6 Å². The summed E-state index contributed by atoms with van der Waals surface area (Å²) < 4.78 is 25.1. The molecule has 0 aliphatic heterocycles. The van der Waals surface area contributed by atoms with Crippen LogP contribution in [0.4, 0.5) is 4.39 Å². The molecule has 0 amide bonds. The van der Waals surface area contributed by atoms with Crippen LogP contribution in [0, 0.1) is 5.82 Å². The Morgan fingerprint density at radius 1 is 1.31 bits per heavy atom. The van der Waals surface area contributed by atoms with Gasteiger partial charge in [-0.2, -0.15) is 4.68 Å². The fraction of sp³-hybridized carbons (Fsp3) is 0.0625. The highest BCUT2D eigenvalue weighted by Gasteiger charge is 2.18. The first kappa shape index (κ1) is 16.1. The minimum atomic E-state index is -0.527. The third-order valence-corrected chi connectivity index (χ3v) is 4.33. The summed E-state index contributed by atoms with van der Waals surface area (Å²) in [5, 5.41) is 16.4. The standard InChI is InChI=1S/C16H10FN5O3S/c17-11-3-1-2-10(6-11)14-7-12(19-25-14)8-24-16(23)15-13(4-5-26-15)22-9-18-20-21-22/h1-7,9H,8H2. The summed E-state index contributed by atoms with van der Waals surface area (Å²) in [6.45, 7) is -0.0788. The number of halogens is 1. The Morgan fingerprint density at radius 3 is 3.04 bits per heavy atom. The van der Waals surface area contributed by atoms with E-state index in [1.165, 1.54) is 34.5 Å². The molecule has 0 aliphatic rings. The number of ether oxygens (including phenoxy) is 1. The van der Waals surface area contributed by atoms with Gasteiger partial charge in [-0.25, -0.2) is 9.18 Å². The number of aromatic nitrogens is 5. The van der Waals surface area contributed by atoms with E-state index in [1.807, 2.05) is 0 Å². The van der Waals surface area contributed by atoms with Crippen LogP contribution in [0.25, 0.3) is 17.0 Å². The smallest absolute Gasteiger partial charge is 0.350 e. The van der Waals surface area contributed by atoms with Gasteiger partial charge in [0.05, 0.1) is 5.69 Å². The number of carbonyl (C=O) groups excluding carboxylic acids is 1. The van der Waals surface area contributed by atoms with Gasteiger partial charge in [-0.15, -0.1) is 16.4 Å². The van der Waals surface area contributed by atoms with Crippen molar-refractivity contribution in [2.24, 2.45) is 0 Å². The second-order valence-electron chi connectivity index (χ2n) is 5.16. The lowest BCUT2D eigenvalue weighted by Gasteiger charge is -2.03. The van der Waals surface area contributed by atoms with Crippen LogP contribution in [-0.4, -0.2) is 31.3 Å². The van der Waals surface area contributed by atoms with Crippen molar-refractivity contribution in [1.29, 1.82) is 0 Å². The molecule has 0 fully saturated rings. The predicted molar refractivity (Wildman–Crippen MR) is 88.0 cm³/mol. The van der Waals surface area contributed by atoms with Crippen LogP contribution in [-0.2, 0) is 11.3 Å². The van der Waals surface area contributed by atoms with Gasteiger partial charge < -0.3 is 9.26 Å². The maximum absolute atomic E-state index is 13.3. The minimum Gasteiger partial charge on any atom is -0.455 e. The van der Waals surface area contributed by atoms with Gasteiger partial charge in [0, 0.05) is 11.6 Å². The maximum Gasteiger partial charge on any atom is 0.350 e. The fourth-order valence-electron chi connectivity index (χ4n) is 2.27. The second kappa shape index (κ2) is 6.84. The zero-order chi connectivity index (χ0) is 17.9. The summed E-state index contributed by atoms with van der Waals surface area (Å²) in [4.78, 5) is 12.7. The lowest BCUT2D eigenvalue weighted by molar-refractivity contribution is 0.0470. The minimum absolute atomic E-state index is 0.0788. The molecule has 130 valence electrons. The highest BCUT2D eigenvalue weighted by Crippen LogP contribution is 2.23. The maximum atomic E-state index is 13.3. The molecule has 0 spiro atoms. The molecule has 10 heteroatoms. The van der Waals surface area contributed by atoms with Gasteiger partial charge in [-0.05, 0) is 34.0 Å². The van der Waals surface area contributed by atoms with E-state index >= 15 is 0 Å². The molecule has 1 aromatic carbocycles. The van der Waals surface area contributed by atoms with Crippen LogP contribution in [0.1, 0.15) is 15.4 Å². The molecule has 4 aromatic rings. The van der Waals surface area contributed by atoms with Gasteiger partial charge in [0.15, 0.2) is 5.76 Å². The number of benzene rings is 1. The monoisotopic (exact) mass is 371 g/mol. The third-order valence-electron chi connectivity index (χ3n) is 3.44. The fourth-order valence-corrected chi connectivity index (χ4v) is 3.04. The van der Waals surface area contributed by atoms with Crippen LogP contribution < -0.4 is 0 Å². The number of hydrogen-bond acceptors (Lipinski definition) is 8. The Labute approximate surface area is 149 Å². The first-order valence-electron chi connectivity index (χ1n) is 7.40. The lowest BCUT2D eigenvalue weighted by atomic mass is 10.1. The zero-order valence-electron chi connectivity index (χ0n) is 13.1. The summed E-state index contributed by atoms with van der Waals surface area (Å²) in [6.07, 6.45) is 1.39. The van der Waals surface area contributed by atoms with Gasteiger partial charge in [-0.3, -0.25) is 0 Å². The van der Waals surface area contributed by atoms with Crippen molar-refractivity contribution in [3.63, 3.8) is 0 Å². The van der Waals surface area contributed by atoms with E-state index < -0.39 is 5.97 Å². The summed E-state index contributed by atoms with van der Waals surface area (Å²) in [5.74, 6) is -0.512. The molecule has 3 aromatic heterocycles. The SMILES string of the molecule is O=C(OCc1cc(-c2cccc(F)c2)on1)c1sccc1-n1cnnn1. The summed E-state index contributed by atoms with van der Waals surface area (Å²) in [7, 11) is 0. The number of rotatable bonds is 5. The van der Waals surface area contributed by atoms with E-state index in [0.717, 1.165) is 0 Å². The number of hydrogen-bond donors (Lipinski definition) is 0. The number of tetrazole rings is 1. The number of thiophene rings is 1. The van der Waals surface area contributed by atoms with Crippen molar-refractivity contribution in [2.45, 2.75) is 6.61 Å². The quantitative estimate of drug-likeness (QED) is 0.498. The highest BCUT2D eigenvalue weighted by molar-refractivity contribution is 7.12. The van der Waals surface area contributed by atoms with Crippen LogP contribution in [0.2, 0.25) is 0 Å². The van der Waals surface area contributed by atoms with Gasteiger partial charge in [0.1, 0.15) is 29.3 Å². The van der Waals surface area contributed by atoms with Gasteiger partial charge in [0.2, 0.25) is 0 Å². The average Bonchev–Trinajstić information content (AvgIpc) is 3.40. The van der Waals surface area contributed by atoms with E-state index in [4.69, 9.17) is 9.26 Å². The normalized spacial score (nSPS) is 10.8. The number of esters is 1. The molecule has 0 saturated carbocycles. The summed E-state index contributed by atoms with van der Waals surface area (Å²) >= 11 is 1.22. The molecular weight excluding hydrogens is 361 g/mol. The van der Waals surface area contributed by atoms with Crippen molar-refractivity contribution in [3.8, 4) is 17.0 Å². The molecule has 0 bridgehead atoms. The van der Waals surface area contributed by atoms with Crippen molar-refractivity contribution in [1.82, 2.24) is 25.4 Å². The van der Waals surface area contributed by atoms with Crippen molar-refractivity contribution in [3.05, 3.63) is 64.5 Å². The highest BCUT2D eigenvalue weighted by atomic mass is 32.1. The molecular formula is C16H10FN5O3S. The summed E-state index contributed by atoms with van der Waals surface area (Å²) in [6, 6.07) is 9.26. The van der Waals surface area contributed by atoms with E-state index in [2.05, 4.69) is 20.7 Å². The molecule has 0 unspecified atom stereocenters. The van der Waals surface area contributed by atoms with Gasteiger partial charge >= 0.3 is 5.97 Å². The molecule has 26 heavy (non-hydrogen) atoms. The molecule has 8 nitrogen and oxygen atoms in total. The van der Waals surface area contributed by atoms with E-state index in [9.17, 15) is 9.18 Å². The van der Waals surface area contributed by atoms with E-state index in [-0.39, 0.29) is 12.4 Å². The first-order valence-corrected chi connectivity index (χ1v) is 8.28. The van der Waals surface area contributed by atoms with Crippen molar-refractivity contribution in [2.75, 3.05) is 0 Å². The average molecular weight is 371 g/mol. The number of nitrogens with zero attached hydrogens (tertiary/aromatic N) is 5. The molecule has 0 radical (unpaired) electrons. The van der Waals surface area contributed by atoms with Crippen LogP contribution >= 0.6 is 11.3 Å².